The van der Waals surface area contributed by atoms with E-state index in [1.165, 1.54) is 0 Å². The molecule has 0 saturated carbocycles. The van der Waals surface area contributed by atoms with E-state index < -0.39 is 12.8 Å². The van der Waals surface area contributed by atoms with Crippen LogP contribution < -0.4 is 5.73 Å². The summed E-state index contributed by atoms with van der Waals surface area (Å²) in [6.07, 6.45) is -3.66. The predicted molar refractivity (Wildman–Crippen MR) is 73.3 cm³/mol. The van der Waals surface area contributed by atoms with Crippen molar-refractivity contribution in [1.82, 2.24) is 4.90 Å². The number of anilines is 1. The highest BCUT2D eigenvalue weighted by Gasteiger charge is 2.27. The maximum absolute atomic E-state index is 11.9. The summed E-state index contributed by atoms with van der Waals surface area (Å²) in [5.74, 6) is 0. The standard InChI is InChI=1S/C14H21F3N2O/c1-2-19(8-3-9-20-11-14(15,16)17)10-12-4-6-13(18)7-5-12/h4-7H,2-3,8-11,18H2,1H3. The number of alkyl halides is 3. The van der Waals surface area contributed by atoms with E-state index in [1.54, 1.807) is 0 Å². The van der Waals surface area contributed by atoms with E-state index in [9.17, 15) is 13.2 Å². The number of ether oxygens (including phenoxy) is 1. The van der Waals surface area contributed by atoms with Crippen LogP contribution in [0.4, 0.5) is 18.9 Å². The van der Waals surface area contributed by atoms with Crippen LogP contribution in [0.1, 0.15) is 18.9 Å². The SMILES string of the molecule is CCN(CCCOCC(F)(F)F)Cc1ccc(N)cc1. The number of hydrogen-bond donors (Lipinski definition) is 1. The van der Waals surface area contributed by atoms with Gasteiger partial charge >= 0.3 is 6.18 Å². The highest BCUT2D eigenvalue weighted by Crippen LogP contribution is 2.14. The Morgan fingerprint density at radius 1 is 1.20 bits per heavy atom. The van der Waals surface area contributed by atoms with Crippen molar-refractivity contribution >= 4 is 5.69 Å². The third-order valence-electron chi connectivity index (χ3n) is 2.86. The number of halogens is 3. The monoisotopic (exact) mass is 290 g/mol. The van der Waals surface area contributed by atoms with E-state index in [-0.39, 0.29) is 6.61 Å². The normalized spacial score (nSPS) is 12.1. The fourth-order valence-corrected chi connectivity index (χ4v) is 1.81. The van der Waals surface area contributed by atoms with E-state index >= 15 is 0 Å². The maximum Gasteiger partial charge on any atom is 0.411 e. The molecule has 6 heteroatoms. The van der Waals surface area contributed by atoms with Crippen molar-refractivity contribution in [3.63, 3.8) is 0 Å². The Morgan fingerprint density at radius 3 is 2.40 bits per heavy atom. The molecule has 0 amide bonds. The molecule has 1 rings (SSSR count). The van der Waals surface area contributed by atoms with Crippen LogP contribution in [0, 0.1) is 0 Å². The van der Waals surface area contributed by atoms with Gasteiger partial charge < -0.3 is 10.5 Å². The Bertz CT molecular complexity index is 379. The molecule has 0 aromatic heterocycles. The highest BCUT2D eigenvalue weighted by molar-refractivity contribution is 5.39. The lowest BCUT2D eigenvalue weighted by Crippen LogP contribution is -2.25. The number of nitrogen functional groups attached to an aromatic ring is 1. The van der Waals surface area contributed by atoms with Gasteiger partial charge in [-0.25, -0.2) is 0 Å². The first-order valence-corrected chi connectivity index (χ1v) is 6.62. The number of nitrogens with zero attached hydrogens (tertiary/aromatic N) is 1. The topological polar surface area (TPSA) is 38.5 Å². The van der Waals surface area contributed by atoms with Crippen LogP contribution in [-0.2, 0) is 11.3 Å². The van der Waals surface area contributed by atoms with Crippen molar-refractivity contribution in [3.05, 3.63) is 29.8 Å². The van der Waals surface area contributed by atoms with Gasteiger partial charge in [0.1, 0.15) is 6.61 Å². The largest absolute Gasteiger partial charge is 0.411 e. The van der Waals surface area contributed by atoms with E-state index in [0.29, 0.717) is 13.0 Å². The lowest BCUT2D eigenvalue weighted by atomic mass is 10.2. The lowest BCUT2D eigenvalue weighted by molar-refractivity contribution is -0.174. The van der Waals surface area contributed by atoms with E-state index in [0.717, 1.165) is 24.3 Å². The van der Waals surface area contributed by atoms with E-state index in [2.05, 4.69) is 9.64 Å². The molecule has 0 heterocycles. The minimum absolute atomic E-state index is 0.123. The van der Waals surface area contributed by atoms with Gasteiger partial charge in [0.2, 0.25) is 0 Å². The molecule has 0 spiro atoms. The summed E-state index contributed by atoms with van der Waals surface area (Å²) in [5.41, 5.74) is 7.47. The molecular formula is C14H21F3N2O. The van der Waals surface area contributed by atoms with Gasteiger partial charge in [0.15, 0.2) is 0 Å². The summed E-state index contributed by atoms with van der Waals surface area (Å²) in [6.45, 7) is 3.28. The summed E-state index contributed by atoms with van der Waals surface area (Å²) >= 11 is 0. The number of benzene rings is 1. The van der Waals surface area contributed by atoms with Gasteiger partial charge in [0, 0.05) is 25.4 Å². The van der Waals surface area contributed by atoms with Gasteiger partial charge in [0.25, 0.3) is 0 Å². The molecule has 1 aromatic carbocycles. The molecule has 0 aliphatic carbocycles. The average Bonchev–Trinajstić information content (AvgIpc) is 2.38. The zero-order chi connectivity index (χ0) is 15.0. The summed E-state index contributed by atoms with van der Waals surface area (Å²) < 4.78 is 40.2. The second kappa shape index (κ2) is 8.11. The summed E-state index contributed by atoms with van der Waals surface area (Å²) in [7, 11) is 0. The minimum atomic E-state index is -4.24. The molecule has 0 saturated heterocycles. The highest BCUT2D eigenvalue weighted by atomic mass is 19.4. The van der Waals surface area contributed by atoms with Crippen LogP contribution in [0.25, 0.3) is 0 Å². The smallest absolute Gasteiger partial charge is 0.399 e. The molecule has 0 unspecified atom stereocenters. The first-order chi connectivity index (χ1) is 9.40. The Morgan fingerprint density at radius 2 is 1.85 bits per heavy atom. The number of hydrogen-bond acceptors (Lipinski definition) is 3. The van der Waals surface area contributed by atoms with Crippen LogP contribution in [0.5, 0.6) is 0 Å². The zero-order valence-corrected chi connectivity index (χ0v) is 11.6. The molecule has 3 nitrogen and oxygen atoms in total. The molecule has 0 aliphatic rings. The lowest BCUT2D eigenvalue weighted by Gasteiger charge is -2.20. The molecule has 1 aromatic rings. The number of rotatable bonds is 8. The van der Waals surface area contributed by atoms with Crippen LogP contribution >= 0.6 is 0 Å². The molecule has 20 heavy (non-hydrogen) atoms. The van der Waals surface area contributed by atoms with Gasteiger partial charge in [-0.05, 0) is 30.7 Å². The van der Waals surface area contributed by atoms with Gasteiger partial charge in [-0.2, -0.15) is 13.2 Å². The van der Waals surface area contributed by atoms with Crippen molar-refractivity contribution in [2.45, 2.75) is 26.1 Å². The molecule has 2 N–H and O–H groups in total. The van der Waals surface area contributed by atoms with Crippen molar-refractivity contribution in [2.75, 3.05) is 32.0 Å². The molecule has 0 atom stereocenters. The number of nitrogens with two attached hydrogens (primary N) is 1. The first kappa shape index (κ1) is 16.8. The van der Waals surface area contributed by atoms with Crippen LogP contribution in [-0.4, -0.2) is 37.4 Å². The predicted octanol–water partition coefficient (Wildman–Crippen LogP) is 3.06. The van der Waals surface area contributed by atoms with E-state index in [1.807, 2.05) is 31.2 Å². The van der Waals surface area contributed by atoms with Crippen LogP contribution in [0.3, 0.4) is 0 Å². The molecule has 0 aliphatic heterocycles. The minimum Gasteiger partial charge on any atom is -0.399 e. The third-order valence-corrected chi connectivity index (χ3v) is 2.86. The molecule has 0 radical (unpaired) electrons. The first-order valence-electron chi connectivity index (χ1n) is 6.62. The van der Waals surface area contributed by atoms with Crippen molar-refractivity contribution < 1.29 is 17.9 Å². The molecule has 0 bridgehead atoms. The van der Waals surface area contributed by atoms with Crippen LogP contribution in [0.15, 0.2) is 24.3 Å². The summed E-state index contributed by atoms with van der Waals surface area (Å²) in [6, 6.07) is 7.60. The van der Waals surface area contributed by atoms with Crippen molar-refractivity contribution in [2.24, 2.45) is 0 Å². The van der Waals surface area contributed by atoms with Gasteiger partial charge in [-0.1, -0.05) is 19.1 Å². The summed E-state index contributed by atoms with van der Waals surface area (Å²) in [5, 5.41) is 0. The second-order valence-electron chi connectivity index (χ2n) is 4.63. The van der Waals surface area contributed by atoms with Crippen molar-refractivity contribution in [3.8, 4) is 0 Å². The average molecular weight is 290 g/mol. The fourth-order valence-electron chi connectivity index (χ4n) is 1.81. The Labute approximate surface area is 117 Å². The summed E-state index contributed by atoms with van der Waals surface area (Å²) in [4.78, 5) is 2.16. The van der Waals surface area contributed by atoms with Gasteiger partial charge in [0.05, 0.1) is 0 Å². The zero-order valence-electron chi connectivity index (χ0n) is 11.6. The molecule has 0 fully saturated rings. The van der Waals surface area contributed by atoms with Gasteiger partial charge in [-0.15, -0.1) is 0 Å². The third kappa shape index (κ3) is 7.35. The van der Waals surface area contributed by atoms with E-state index in [4.69, 9.17) is 5.73 Å². The Balaban J connectivity index is 2.24. The molecular weight excluding hydrogens is 269 g/mol. The van der Waals surface area contributed by atoms with Gasteiger partial charge in [-0.3, -0.25) is 4.90 Å². The maximum atomic E-state index is 11.9. The quantitative estimate of drug-likeness (QED) is 0.591. The van der Waals surface area contributed by atoms with Crippen LogP contribution in [0.2, 0.25) is 0 Å². The molecule has 114 valence electrons. The Kier molecular flexibility index (Phi) is 6.81. The second-order valence-corrected chi connectivity index (χ2v) is 4.63. The fraction of sp³-hybridized carbons (Fsp3) is 0.571. The van der Waals surface area contributed by atoms with Crippen molar-refractivity contribution in [1.29, 1.82) is 0 Å². The Hall–Kier alpha value is -1.27.